The largest absolute Gasteiger partial charge is 0.325 e. The molecule has 98 valence electrons. The van der Waals surface area contributed by atoms with Crippen molar-refractivity contribution in [2.45, 2.75) is 38.1 Å². The van der Waals surface area contributed by atoms with Crippen molar-refractivity contribution in [2.75, 3.05) is 12.4 Å². The summed E-state index contributed by atoms with van der Waals surface area (Å²) in [5.74, 6) is 0. The lowest BCUT2D eigenvalue weighted by Crippen LogP contribution is -2.40. The molecule has 1 aliphatic carbocycles. The van der Waals surface area contributed by atoms with Crippen molar-refractivity contribution < 1.29 is 4.79 Å². The number of carbonyl (C=O) groups is 1. The van der Waals surface area contributed by atoms with E-state index in [-0.39, 0.29) is 6.03 Å². The summed E-state index contributed by atoms with van der Waals surface area (Å²) < 4.78 is 1.01. The van der Waals surface area contributed by atoms with Crippen LogP contribution in [0.5, 0.6) is 0 Å². The molecule has 1 fully saturated rings. The van der Waals surface area contributed by atoms with Crippen LogP contribution in [0.2, 0.25) is 0 Å². The molecule has 0 aliphatic heterocycles. The average molecular weight is 311 g/mol. The van der Waals surface area contributed by atoms with Gasteiger partial charge in [0, 0.05) is 23.2 Å². The highest BCUT2D eigenvalue weighted by atomic mass is 79.9. The first-order chi connectivity index (χ1) is 8.66. The molecule has 2 rings (SSSR count). The highest BCUT2D eigenvalue weighted by Crippen LogP contribution is 2.22. The number of nitrogens with one attached hydrogen (secondary N) is 1. The Bertz CT molecular complexity index is 399. The number of hydrogen-bond acceptors (Lipinski definition) is 1. The second-order valence-corrected chi connectivity index (χ2v) is 5.76. The maximum atomic E-state index is 12.1. The fourth-order valence-corrected chi connectivity index (χ4v) is 2.64. The van der Waals surface area contributed by atoms with E-state index >= 15 is 0 Å². The Morgan fingerprint density at radius 1 is 1.22 bits per heavy atom. The molecule has 0 heterocycles. The van der Waals surface area contributed by atoms with Crippen LogP contribution in [-0.4, -0.2) is 24.0 Å². The van der Waals surface area contributed by atoms with Gasteiger partial charge >= 0.3 is 6.03 Å². The van der Waals surface area contributed by atoms with E-state index < -0.39 is 0 Å². The number of rotatable bonds is 2. The van der Waals surface area contributed by atoms with Gasteiger partial charge in [0.05, 0.1) is 0 Å². The maximum absolute atomic E-state index is 12.1. The molecular weight excluding hydrogens is 292 g/mol. The lowest BCUT2D eigenvalue weighted by molar-refractivity contribution is 0.186. The fraction of sp³-hybridized carbons (Fsp3) is 0.500. The van der Waals surface area contributed by atoms with E-state index in [0.29, 0.717) is 6.04 Å². The molecule has 0 aromatic heterocycles. The van der Waals surface area contributed by atoms with Crippen molar-refractivity contribution in [3.8, 4) is 0 Å². The van der Waals surface area contributed by atoms with Crippen LogP contribution in [0.3, 0.4) is 0 Å². The molecule has 1 aromatic carbocycles. The molecule has 1 N–H and O–H groups in total. The number of anilines is 1. The predicted molar refractivity (Wildman–Crippen MR) is 77.8 cm³/mol. The van der Waals surface area contributed by atoms with E-state index in [1.807, 2.05) is 36.2 Å². The summed E-state index contributed by atoms with van der Waals surface area (Å²) in [4.78, 5) is 13.9. The lowest BCUT2D eigenvalue weighted by atomic mass is 9.95. The third-order valence-corrected chi connectivity index (χ3v) is 4.07. The predicted octanol–water partition coefficient (Wildman–Crippen LogP) is 4.25. The standard InChI is InChI=1S/C14H19BrN2O/c1-17(13-5-3-2-4-6-13)14(18)16-12-9-7-11(15)8-10-12/h7-10,13H,2-6H2,1H3,(H,16,18). The minimum atomic E-state index is -0.00998. The Morgan fingerprint density at radius 3 is 2.44 bits per heavy atom. The maximum Gasteiger partial charge on any atom is 0.321 e. The molecule has 3 nitrogen and oxygen atoms in total. The van der Waals surface area contributed by atoms with Crippen LogP contribution in [0.1, 0.15) is 32.1 Å². The molecule has 4 heteroatoms. The molecule has 0 atom stereocenters. The quantitative estimate of drug-likeness (QED) is 0.870. The first kappa shape index (κ1) is 13.4. The normalized spacial score (nSPS) is 16.3. The third kappa shape index (κ3) is 3.48. The molecule has 1 aromatic rings. The topological polar surface area (TPSA) is 32.3 Å². The van der Waals surface area contributed by atoms with E-state index in [1.165, 1.54) is 19.3 Å². The van der Waals surface area contributed by atoms with Gasteiger partial charge in [0.2, 0.25) is 0 Å². The van der Waals surface area contributed by atoms with Crippen LogP contribution in [0.15, 0.2) is 28.7 Å². The van der Waals surface area contributed by atoms with Crippen molar-refractivity contribution in [2.24, 2.45) is 0 Å². The Balaban J connectivity index is 1.92. The molecule has 0 unspecified atom stereocenters. The molecule has 2 amide bonds. The molecule has 0 bridgehead atoms. The molecule has 0 saturated heterocycles. The van der Waals surface area contributed by atoms with Gasteiger partial charge in [0.15, 0.2) is 0 Å². The highest BCUT2D eigenvalue weighted by molar-refractivity contribution is 9.10. The highest BCUT2D eigenvalue weighted by Gasteiger charge is 2.21. The zero-order valence-electron chi connectivity index (χ0n) is 10.7. The van der Waals surface area contributed by atoms with Crippen molar-refractivity contribution in [3.05, 3.63) is 28.7 Å². The summed E-state index contributed by atoms with van der Waals surface area (Å²) >= 11 is 3.38. The van der Waals surface area contributed by atoms with E-state index in [9.17, 15) is 4.79 Å². The van der Waals surface area contributed by atoms with Gasteiger partial charge in [-0.2, -0.15) is 0 Å². The van der Waals surface area contributed by atoms with Crippen LogP contribution in [0, 0.1) is 0 Å². The van der Waals surface area contributed by atoms with Crippen LogP contribution < -0.4 is 5.32 Å². The second-order valence-electron chi connectivity index (χ2n) is 4.84. The van der Waals surface area contributed by atoms with Gasteiger partial charge in [-0.1, -0.05) is 35.2 Å². The van der Waals surface area contributed by atoms with Crippen LogP contribution >= 0.6 is 15.9 Å². The van der Waals surface area contributed by atoms with Crippen LogP contribution in [0.25, 0.3) is 0 Å². The zero-order valence-corrected chi connectivity index (χ0v) is 12.2. The third-order valence-electron chi connectivity index (χ3n) is 3.54. The van der Waals surface area contributed by atoms with E-state index in [4.69, 9.17) is 0 Å². The Morgan fingerprint density at radius 2 is 1.83 bits per heavy atom. The Labute approximate surface area is 117 Å². The van der Waals surface area contributed by atoms with Crippen LogP contribution in [0.4, 0.5) is 10.5 Å². The molecule has 1 aliphatic rings. The van der Waals surface area contributed by atoms with Gasteiger partial charge < -0.3 is 10.2 Å². The van der Waals surface area contributed by atoms with E-state index in [1.54, 1.807) is 0 Å². The summed E-state index contributed by atoms with van der Waals surface area (Å²) in [5, 5.41) is 2.93. The van der Waals surface area contributed by atoms with Crippen molar-refractivity contribution >= 4 is 27.6 Å². The number of urea groups is 1. The van der Waals surface area contributed by atoms with Crippen molar-refractivity contribution in [1.29, 1.82) is 0 Å². The van der Waals surface area contributed by atoms with Gasteiger partial charge in [-0.3, -0.25) is 0 Å². The van der Waals surface area contributed by atoms with Crippen LogP contribution in [-0.2, 0) is 0 Å². The minimum absolute atomic E-state index is 0.00998. The number of carbonyl (C=O) groups excluding carboxylic acids is 1. The second kappa shape index (κ2) is 6.23. The summed E-state index contributed by atoms with van der Waals surface area (Å²) in [7, 11) is 1.89. The number of nitrogens with zero attached hydrogens (tertiary/aromatic N) is 1. The summed E-state index contributed by atoms with van der Waals surface area (Å²) in [6.07, 6.45) is 6.04. The Hall–Kier alpha value is -1.03. The van der Waals surface area contributed by atoms with E-state index in [2.05, 4.69) is 21.2 Å². The molecule has 18 heavy (non-hydrogen) atoms. The van der Waals surface area contributed by atoms with Gasteiger partial charge in [-0.25, -0.2) is 4.79 Å². The van der Waals surface area contributed by atoms with Gasteiger partial charge in [-0.05, 0) is 37.1 Å². The number of amides is 2. The summed E-state index contributed by atoms with van der Waals surface area (Å²) in [6, 6.07) is 8.04. The van der Waals surface area contributed by atoms with Crippen molar-refractivity contribution in [3.63, 3.8) is 0 Å². The molecule has 0 spiro atoms. The summed E-state index contributed by atoms with van der Waals surface area (Å²) in [6.45, 7) is 0. The first-order valence-corrected chi connectivity index (χ1v) is 7.25. The fourth-order valence-electron chi connectivity index (χ4n) is 2.38. The number of halogens is 1. The van der Waals surface area contributed by atoms with E-state index in [0.717, 1.165) is 23.0 Å². The monoisotopic (exact) mass is 310 g/mol. The SMILES string of the molecule is CN(C(=O)Nc1ccc(Br)cc1)C1CCCCC1. The molecule has 0 radical (unpaired) electrons. The smallest absolute Gasteiger partial charge is 0.321 e. The van der Waals surface area contributed by atoms with Gasteiger partial charge in [-0.15, -0.1) is 0 Å². The zero-order chi connectivity index (χ0) is 13.0. The number of benzene rings is 1. The summed E-state index contributed by atoms with van der Waals surface area (Å²) in [5.41, 5.74) is 0.839. The molecule has 1 saturated carbocycles. The number of hydrogen-bond donors (Lipinski definition) is 1. The first-order valence-electron chi connectivity index (χ1n) is 6.46. The lowest BCUT2D eigenvalue weighted by Gasteiger charge is -2.31. The van der Waals surface area contributed by atoms with Gasteiger partial charge in [0.1, 0.15) is 0 Å². The minimum Gasteiger partial charge on any atom is -0.325 e. The van der Waals surface area contributed by atoms with Gasteiger partial charge in [0.25, 0.3) is 0 Å². The Kier molecular flexibility index (Phi) is 4.64. The molecular formula is C14H19BrN2O. The average Bonchev–Trinajstić information content (AvgIpc) is 2.41. The van der Waals surface area contributed by atoms with Crippen molar-refractivity contribution in [1.82, 2.24) is 4.90 Å².